The van der Waals surface area contributed by atoms with E-state index in [1.54, 1.807) is 0 Å². The zero-order valence-electron chi connectivity index (χ0n) is 11.9. The zero-order valence-corrected chi connectivity index (χ0v) is 11.9. The minimum absolute atomic E-state index is 0.183. The molecule has 1 aromatic carbocycles. The van der Waals surface area contributed by atoms with Crippen LogP contribution in [0.15, 0.2) is 18.2 Å². The molecule has 0 aromatic heterocycles. The molecule has 0 atom stereocenters. The van der Waals surface area contributed by atoms with Crippen LogP contribution in [0.3, 0.4) is 0 Å². The van der Waals surface area contributed by atoms with E-state index in [2.05, 4.69) is 23.1 Å². The van der Waals surface area contributed by atoms with Gasteiger partial charge in [0.1, 0.15) is 0 Å². The van der Waals surface area contributed by atoms with Crippen LogP contribution < -0.4 is 10.6 Å². The number of hydrogen-bond acceptors (Lipinski definition) is 3. The van der Waals surface area contributed by atoms with Crippen molar-refractivity contribution >= 4 is 11.4 Å². The molecule has 0 saturated carbocycles. The maximum Gasteiger partial charge on any atom is 0.0683 e. The molecule has 19 heavy (non-hydrogen) atoms. The molecule has 0 fully saturated rings. The third-order valence-corrected chi connectivity index (χ3v) is 3.88. The summed E-state index contributed by atoms with van der Waals surface area (Å²) in [6, 6.07) is 8.57. The van der Waals surface area contributed by atoms with Gasteiger partial charge in [0.05, 0.1) is 11.5 Å². The summed E-state index contributed by atoms with van der Waals surface area (Å²) in [4.78, 5) is 2.44. The molecular formula is C16H23N3. The normalized spacial score (nSPS) is 14.3. The van der Waals surface area contributed by atoms with E-state index in [1.807, 2.05) is 19.9 Å². The van der Waals surface area contributed by atoms with Crippen molar-refractivity contribution in [3.63, 3.8) is 0 Å². The average molecular weight is 257 g/mol. The summed E-state index contributed by atoms with van der Waals surface area (Å²) in [5.41, 5.74) is 9.20. The molecule has 2 rings (SSSR count). The van der Waals surface area contributed by atoms with E-state index in [9.17, 15) is 0 Å². The topological polar surface area (TPSA) is 53.0 Å². The standard InChI is InChI=1S/C16H23N3/c1-16(2,12-17)8-3-4-9-19-10-7-13-11-14(18)5-6-15(13)19/h5-6,11H,3-4,7-10,18H2,1-2H3. The average Bonchev–Trinajstić information content (AvgIpc) is 2.77. The molecule has 2 N–H and O–H groups in total. The molecule has 0 unspecified atom stereocenters. The van der Waals surface area contributed by atoms with Gasteiger partial charge in [-0.25, -0.2) is 0 Å². The van der Waals surface area contributed by atoms with Crippen molar-refractivity contribution in [2.24, 2.45) is 5.41 Å². The van der Waals surface area contributed by atoms with Crippen molar-refractivity contribution < 1.29 is 0 Å². The third-order valence-electron chi connectivity index (χ3n) is 3.88. The Hall–Kier alpha value is -1.69. The summed E-state index contributed by atoms with van der Waals surface area (Å²) in [6.07, 6.45) is 4.34. The van der Waals surface area contributed by atoms with Gasteiger partial charge in [-0.15, -0.1) is 0 Å². The van der Waals surface area contributed by atoms with Crippen LogP contribution in [0.4, 0.5) is 11.4 Å². The van der Waals surface area contributed by atoms with Gasteiger partial charge in [0.15, 0.2) is 0 Å². The Balaban J connectivity index is 1.82. The molecule has 1 aliphatic heterocycles. The second-order valence-electron chi connectivity index (χ2n) is 6.08. The Morgan fingerprint density at radius 1 is 1.37 bits per heavy atom. The van der Waals surface area contributed by atoms with Crippen LogP contribution in [0, 0.1) is 16.7 Å². The van der Waals surface area contributed by atoms with Crippen molar-refractivity contribution in [1.82, 2.24) is 0 Å². The first-order valence-corrected chi connectivity index (χ1v) is 7.06. The Labute approximate surface area is 116 Å². The molecule has 3 heteroatoms. The molecule has 0 aliphatic carbocycles. The van der Waals surface area contributed by atoms with Gasteiger partial charge in [0.2, 0.25) is 0 Å². The van der Waals surface area contributed by atoms with Crippen molar-refractivity contribution in [2.75, 3.05) is 23.7 Å². The Morgan fingerprint density at radius 3 is 2.89 bits per heavy atom. The van der Waals surface area contributed by atoms with Gasteiger partial charge >= 0.3 is 0 Å². The lowest BCUT2D eigenvalue weighted by atomic mass is 9.89. The number of rotatable bonds is 5. The Kier molecular flexibility index (Phi) is 3.99. The molecule has 0 radical (unpaired) electrons. The van der Waals surface area contributed by atoms with Crippen LogP contribution in [0.5, 0.6) is 0 Å². The van der Waals surface area contributed by atoms with Gasteiger partial charge in [0, 0.05) is 24.5 Å². The number of fused-ring (bicyclic) bond motifs is 1. The maximum absolute atomic E-state index is 8.99. The number of nitrogens with zero attached hydrogens (tertiary/aromatic N) is 2. The van der Waals surface area contributed by atoms with E-state index in [0.717, 1.165) is 44.5 Å². The molecule has 1 aromatic rings. The summed E-state index contributed by atoms with van der Waals surface area (Å²) < 4.78 is 0. The molecule has 1 heterocycles. The molecule has 0 spiro atoms. The molecular weight excluding hydrogens is 234 g/mol. The maximum atomic E-state index is 8.99. The van der Waals surface area contributed by atoms with E-state index in [0.29, 0.717) is 0 Å². The van der Waals surface area contributed by atoms with Crippen molar-refractivity contribution in [1.29, 1.82) is 5.26 Å². The van der Waals surface area contributed by atoms with Crippen LogP contribution >= 0.6 is 0 Å². The van der Waals surface area contributed by atoms with Crippen LogP contribution in [-0.4, -0.2) is 13.1 Å². The van der Waals surface area contributed by atoms with Crippen LogP contribution in [0.25, 0.3) is 0 Å². The molecule has 1 aliphatic rings. The monoisotopic (exact) mass is 257 g/mol. The highest BCUT2D eigenvalue weighted by Gasteiger charge is 2.19. The first-order chi connectivity index (χ1) is 9.02. The van der Waals surface area contributed by atoms with E-state index in [1.165, 1.54) is 11.3 Å². The number of nitriles is 1. The van der Waals surface area contributed by atoms with Gasteiger partial charge < -0.3 is 10.6 Å². The number of hydrogen-bond donors (Lipinski definition) is 1. The van der Waals surface area contributed by atoms with Crippen LogP contribution in [-0.2, 0) is 6.42 Å². The highest BCUT2D eigenvalue weighted by molar-refractivity contribution is 5.62. The van der Waals surface area contributed by atoms with E-state index in [4.69, 9.17) is 11.0 Å². The van der Waals surface area contributed by atoms with E-state index >= 15 is 0 Å². The van der Waals surface area contributed by atoms with Crippen molar-refractivity contribution in [3.8, 4) is 6.07 Å². The molecule has 0 amide bonds. The Morgan fingerprint density at radius 2 is 2.16 bits per heavy atom. The van der Waals surface area contributed by atoms with Gasteiger partial charge in [-0.1, -0.05) is 6.42 Å². The zero-order chi connectivity index (χ0) is 13.9. The van der Waals surface area contributed by atoms with Gasteiger partial charge in [-0.2, -0.15) is 5.26 Å². The van der Waals surface area contributed by atoms with Crippen LogP contribution in [0.1, 0.15) is 38.7 Å². The SMILES string of the molecule is CC(C)(C#N)CCCCN1CCc2cc(N)ccc21. The molecule has 0 saturated heterocycles. The fourth-order valence-corrected chi connectivity index (χ4v) is 2.65. The lowest BCUT2D eigenvalue weighted by Gasteiger charge is -2.20. The van der Waals surface area contributed by atoms with Gasteiger partial charge in [-0.05, 0) is 56.9 Å². The lowest BCUT2D eigenvalue weighted by Crippen LogP contribution is -2.22. The fourth-order valence-electron chi connectivity index (χ4n) is 2.65. The number of nitrogen functional groups attached to an aromatic ring is 1. The second kappa shape index (κ2) is 5.52. The minimum Gasteiger partial charge on any atom is -0.399 e. The molecule has 102 valence electrons. The number of unbranched alkanes of at least 4 members (excludes halogenated alkanes) is 1. The summed E-state index contributed by atoms with van der Waals surface area (Å²) in [5.74, 6) is 0. The van der Waals surface area contributed by atoms with E-state index < -0.39 is 0 Å². The van der Waals surface area contributed by atoms with E-state index in [-0.39, 0.29) is 5.41 Å². The predicted molar refractivity (Wildman–Crippen MR) is 80.0 cm³/mol. The smallest absolute Gasteiger partial charge is 0.0683 e. The third kappa shape index (κ3) is 3.41. The summed E-state index contributed by atoms with van der Waals surface area (Å²) in [5, 5.41) is 8.99. The van der Waals surface area contributed by atoms with Gasteiger partial charge in [-0.3, -0.25) is 0 Å². The summed E-state index contributed by atoms with van der Waals surface area (Å²) in [7, 11) is 0. The summed E-state index contributed by atoms with van der Waals surface area (Å²) in [6.45, 7) is 6.21. The van der Waals surface area contributed by atoms with Gasteiger partial charge in [0.25, 0.3) is 0 Å². The van der Waals surface area contributed by atoms with Crippen LogP contribution in [0.2, 0.25) is 0 Å². The first-order valence-electron chi connectivity index (χ1n) is 7.06. The molecule has 3 nitrogen and oxygen atoms in total. The fraction of sp³-hybridized carbons (Fsp3) is 0.562. The van der Waals surface area contributed by atoms with Crippen molar-refractivity contribution in [3.05, 3.63) is 23.8 Å². The highest BCUT2D eigenvalue weighted by atomic mass is 15.1. The molecule has 0 bridgehead atoms. The lowest BCUT2D eigenvalue weighted by molar-refractivity contribution is 0.427. The number of benzene rings is 1. The predicted octanol–water partition coefficient (Wildman–Crippen LogP) is 3.35. The minimum atomic E-state index is -0.183. The van der Waals surface area contributed by atoms with Crippen molar-refractivity contribution in [2.45, 2.75) is 39.5 Å². The highest BCUT2D eigenvalue weighted by Crippen LogP contribution is 2.30. The number of nitrogens with two attached hydrogens (primary N) is 1. The Bertz CT molecular complexity index is 485. The number of anilines is 2. The quantitative estimate of drug-likeness (QED) is 0.650. The largest absolute Gasteiger partial charge is 0.399 e. The summed E-state index contributed by atoms with van der Waals surface area (Å²) >= 11 is 0. The first kappa shape index (κ1) is 13.7. The second-order valence-corrected chi connectivity index (χ2v) is 6.08.